The minimum atomic E-state index is -4.59. The van der Waals surface area contributed by atoms with Crippen molar-refractivity contribution in [3.05, 3.63) is 71.0 Å². The Bertz CT molecular complexity index is 1080. The molecule has 1 amide bonds. The zero-order chi connectivity index (χ0) is 21.2. The van der Waals surface area contributed by atoms with Crippen molar-refractivity contribution in [2.24, 2.45) is 0 Å². The Balaban J connectivity index is 1.87. The Labute approximate surface area is 163 Å². The molecule has 0 radical (unpaired) electrons. The summed E-state index contributed by atoms with van der Waals surface area (Å²) < 4.78 is 45.1. The van der Waals surface area contributed by atoms with Crippen molar-refractivity contribution in [2.45, 2.75) is 13.1 Å². The number of para-hydroxylation sites is 1. The van der Waals surface area contributed by atoms with Gasteiger partial charge in [0.15, 0.2) is 5.69 Å². The minimum absolute atomic E-state index is 0.190. The standard InChI is InChI=1S/C19H15F3N4O3/c1-11-7-8-12(18(28)29-2)9-14(11)23-17(27)15-10-26(25-24-15)16-6-4-3-5-13(16)19(20,21)22/h3-10H,1-2H3,(H,23,27). The SMILES string of the molecule is COC(=O)c1ccc(C)c(NC(=O)c2cn(-c3ccccc3C(F)(F)F)nn2)c1. The van der Waals surface area contributed by atoms with Gasteiger partial charge in [-0.05, 0) is 36.8 Å². The van der Waals surface area contributed by atoms with E-state index in [-0.39, 0.29) is 16.9 Å². The Kier molecular flexibility index (Phi) is 5.35. The number of halogens is 3. The van der Waals surface area contributed by atoms with Crippen LogP contribution in [0, 0.1) is 6.92 Å². The highest BCUT2D eigenvalue weighted by Crippen LogP contribution is 2.33. The summed E-state index contributed by atoms with van der Waals surface area (Å²) in [5, 5.41) is 9.86. The smallest absolute Gasteiger partial charge is 0.418 e. The normalized spacial score (nSPS) is 11.2. The highest BCUT2D eigenvalue weighted by atomic mass is 19.4. The molecule has 7 nitrogen and oxygen atoms in total. The molecule has 0 aliphatic carbocycles. The molecule has 3 aromatic rings. The van der Waals surface area contributed by atoms with Crippen molar-refractivity contribution < 1.29 is 27.5 Å². The van der Waals surface area contributed by atoms with Crippen LogP contribution < -0.4 is 5.32 Å². The lowest BCUT2D eigenvalue weighted by Gasteiger charge is -2.11. The van der Waals surface area contributed by atoms with Crippen LogP contribution in [0.3, 0.4) is 0 Å². The number of alkyl halides is 3. The number of amides is 1. The first kappa shape index (κ1) is 20.1. The Morgan fingerprint density at radius 3 is 2.55 bits per heavy atom. The van der Waals surface area contributed by atoms with Crippen LogP contribution in [0.1, 0.15) is 32.0 Å². The molecule has 0 saturated heterocycles. The topological polar surface area (TPSA) is 86.1 Å². The van der Waals surface area contributed by atoms with Gasteiger partial charge in [-0.2, -0.15) is 13.2 Å². The van der Waals surface area contributed by atoms with Gasteiger partial charge >= 0.3 is 12.1 Å². The molecular formula is C19H15F3N4O3. The van der Waals surface area contributed by atoms with Crippen molar-refractivity contribution in [2.75, 3.05) is 12.4 Å². The van der Waals surface area contributed by atoms with E-state index >= 15 is 0 Å². The lowest BCUT2D eigenvalue weighted by molar-refractivity contribution is -0.137. The van der Waals surface area contributed by atoms with E-state index in [1.165, 1.54) is 31.4 Å². The van der Waals surface area contributed by atoms with Gasteiger partial charge in [0.05, 0.1) is 30.1 Å². The summed E-state index contributed by atoms with van der Waals surface area (Å²) in [7, 11) is 1.23. The van der Waals surface area contributed by atoms with Crippen molar-refractivity contribution in [1.29, 1.82) is 0 Å². The van der Waals surface area contributed by atoms with Crippen molar-refractivity contribution in [1.82, 2.24) is 15.0 Å². The zero-order valence-electron chi connectivity index (χ0n) is 15.3. The first-order chi connectivity index (χ1) is 13.7. The van der Waals surface area contributed by atoms with Gasteiger partial charge in [0, 0.05) is 5.69 Å². The van der Waals surface area contributed by atoms with E-state index in [9.17, 15) is 22.8 Å². The van der Waals surface area contributed by atoms with Crippen LogP contribution in [0.4, 0.5) is 18.9 Å². The predicted molar refractivity (Wildman–Crippen MR) is 96.8 cm³/mol. The molecule has 0 saturated carbocycles. The fraction of sp³-hybridized carbons (Fsp3) is 0.158. The number of rotatable bonds is 4. The number of aryl methyl sites for hydroxylation is 1. The lowest BCUT2D eigenvalue weighted by atomic mass is 10.1. The van der Waals surface area contributed by atoms with E-state index in [1.54, 1.807) is 19.1 Å². The maximum Gasteiger partial charge on any atom is 0.418 e. The minimum Gasteiger partial charge on any atom is -0.465 e. The molecule has 29 heavy (non-hydrogen) atoms. The molecule has 2 aromatic carbocycles. The Morgan fingerprint density at radius 1 is 1.14 bits per heavy atom. The van der Waals surface area contributed by atoms with Crippen LogP contribution in [0.25, 0.3) is 5.69 Å². The third-order valence-electron chi connectivity index (χ3n) is 4.09. The van der Waals surface area contributed by atoms with Crippen LogP contribution in [0.5, 0.6) is 0 Å². The first-order valence-electron chi connectivity index (χ1n) is 8.30. The lowest BCUT2D eigenvalue weighted by Crippen LogP contribution is -2.14. The molecule has 1 N–H and O–H groups in total. The highest BCUT2D eigenvalue weighted by Gasteiger charge is 2.34. The van der Waals surface area contributed by atoms with Crippen LogP contribution in [-0.4, -0.2) is 34.0 Å². The molecule has 0 aliphatic heterocycles. The van der Waals surface area contributed by atoms with Crippen LogP contribution in [-0.2, 0) is 10.9 Å². The molecule has 0 bridgehead atoms. The summed E-state index contributed by atoms with van der Waals surface area (Å²) >= 11 is 0. The van der Waals surface area contributed by atoms with Gasteiger partial charge < -0.3 is 10.1 Å². The quantitative estimate of drug-likeness (QED) is 0.671. The van der Waals surface area contributed by atoms with Crippen LogP contribution in [0.2, 0.25) is 0 Å². The van der Waals surface area contributed by atoms with Gasteiger partial charge in [0.2, 0.25) is 0 Å². The van der Waals surface area contributed by atoms with Gasteiger partial charge in [-0.25, -0.2) is 9.48 Å². The summed E-state index contributed by atoms with van der Waals surface area (Å²) in [4.78, 5) is 24.1. The number of nitrogens with zero attached hydrogens (tertiary/aromatic N) is 3. The average Bonchev–Trinajstić information content (AvgIpc) is 3.18. The summed E-state index contributed by atoms with van der Waals surface area (Å²) in [6.45, 7) is 1.72. The molecular weight excluding hydrogens is 389 g/mol. The molecule has 0 fully saturated rings. The zero-order valence-corrected chi connectivity index (χ0v) is 15.3. The van der Waals surface area contributed by atoms with Crippen molar-refractivity contribution in [3.63, 3.8) is 0 Å². The number of nitrogens with one attached hydrogen (secondary N) is 1. The number of aromatic nitrogens is 3. The van der Waals surface area contributed by atoms with Gasteiger partial charge in [-0.3, -0.25) is 4.79 Å². The van der Waals surface area contributed by atoms with Crippen LogP contribution in [0.15, 0.2) is 48.7 Å². The summed E-state index contributed by atoms with van der Waals surface area (Å²) in [6, 6.07) is 9.42. The summed E-state index contributed by atoms with van der Waals surface area (Å²) in [5.41, 5.74) is -0.112. The number of esters is 1. The Morgan fingerprint density at radius 2 is 1.86 bits per heavy atom. The van der Waals surface area contributed by atoms with Gasteiger partial charge in [0.1, 0.15) is 0 Å². The number of hydrogen-bond acceptors (Lipinski definition) is 5. The second-order valence-corrected chi connectivity index (χ2v) is 6.04. The van der Waals surface area contributed by atoms with E-state index in [2.05, 4.69) is 20.4 Å². The second-order valence-electron chi connectivity index (χ2n) is 6.04. The first-order valence-corrected chi connectivity index (χ1v) is 8.30. The number of hydrogen-bond donors (Lipinski definition) is 1. The number of carbonyl (C=O) groups is 2. The monoisotopic (exact) mass is 404 g/mol. The van der Waals surface area contributed by atoms with Gasteiger partial charge in [-0.1, -0.05) is 23.4 Å². The number of anilines is 1. The second kappa shape index (κ2) is 7.74. The largest absolute Gasteiger partial charge is 0.465 e. The van der Waals surface area contributed by atoms with E-state index < -0.39 is 23.6 Å². The van der Waals surface area contributed by atoms with Crippen molar-refractivity contribution in [3.8, 4) is 5.69 Å². The third kappa shape index (κ3) is 4.26. The van der Waals surface area contributed by atoms with Gasteiger partial charge in [0.25, 0.3) is 5.91 Å². The van der Waals surface area contributed by atoms with Gasteiger partial charge in [-0.15, -0.1) is 5.10 Å². The van der Waals surface area contributed by atoms with E-state index in [4.69, 9.17) is 0 Å². The van der Waals surface area contributed by atoms with E-state index in [1.807, 2.05) is 0 Å². The number of ether oxygens (including phenoxy) is 1. The maximum absolute atomic E-state index is 13.2. The molecule has 1 heterocycles. The predicted octanol–water partition coefficient (Wildman–Crippen LogP) is 3.63. The van der Waals surface area contributed by atoms with E-state index in [0.717, 1.165) is 16.9 Å². The maximum atomic E-state index is 13.2. The molecule has 150 valence electrons. The number of benzene rings is 2. The molecule has 0 aliphatic rings. The fourth-order valence-electron chi connectivity index (χ4n) is 2.59. The summed E-state index contributed by atoms with van der Waals surface area (Å²) in [5.74, 6) is -1.26. The van der Waals surface area contributed by atoms with E-state index in [0.29, 0.717) is 11.3 Å². The number of carbonyl (C=O) groups excluding carboxylic acids is 2. The Hall–Kier alpha value is -3.69. The molecule has 1 aromatic heterocycles. The number of methoxy groups -OCH3 is 1. The highest BCUT2D eigenvalue weighted by molar-refractivity contribution is 6.03. The molecule has 10 heteroatoms. The van der Waals surface area contributed by atoms with Crippen LogP contribution >= 0.6 is 0 Å². The average molecular weight is 404 g/mol. The third-order valence-corrected chi connectivity index (χ3v) is 4.09. The molecule has 0 atom stereocenters. The summed E-state index contributed by atoms with van der Waals surface area (Å²) in [6.07, 6.45) is -3.49. The molecule has 3 rings (SSSR count). The van der Waals surface area contributed by atoms with Crippen molar-refractivity contribution >= 4 is 17.6 Å². The molecule has 0 unspecified atom stereocenters. The fourth-order valence-corrected chi connectivity index (χ4v) is 2.59. The molecule has 0 spiro atoms.